The molecule has 0 aromatic heterocycles. The molecule has 0 saturated heterocycles. The first kappa shape index (κ1) is 26.4. The number of hydrogen-bond donors (Lipinski definition) is 0. The Morgan fingerprint density at radius 3 is 1.69 bits per heavy atom. The van der Waals surface area contributed by atoms with Gasteiger partial charge in [0.05, 0.1) is 0 Å². The van der Waals surface area contributed by atoms with Gasteiger partial charge in [-0.3, -0.25) is 4.79 Å². The summed E-state index contributed by atoms with van der Waals surface area (Å²) >= 11 is 0. The number of methoxy groups -OCH3 is 1. The number of carbonyl (C=O) groups is 1. The number of ketones is 1. The van der Waals surface area contributed by atoms with Crippen LogP contribution in [0.15, 0.2) is 11.1 Å². The van der Waals surface area contributed by atoms with E-state index in [1.165, 1.54) is 94.6 Å². The summed E-state index contributed by atoms with van der Waals surface area (Å²) < 4.78 is 5.09. The van der Waals surface area contributed by atoms with Gasteiger partial charge in [-0.05, 0) is 42.6 Å². The molecule has 0 bridgehead atoms. The molecule has 0 aromatic rings. The molecule has 1 rings (SSSR count). The van der Waals surface area contributed by atoms with Gasteiger partial charge in [0.1, 0.15) is 0 Å². The van der Waals surface area contributed by atoms with E-state index in [-0.39, 0.29) is 5.41 Å². The molecule has 0 amide bonds. The molecule has 0 N–H and O–H groups in total. The highest BCUT2D eigenvalue weighted by Gasteiger charge is 2.34. The molecule has 0 spiro atoms. The number of ether oxygens (including phenoxy) is 1. The van der Waals surface area contributed by atoms with Crippen molar-refractivity contribution in [3.8, 4) is 0 Å². The van der Waals surface area contributed by atoms with Gasteiger partial charge in [-0.2, -0.15) is 0 Å². The highest BCUT2D eigenvalue weighted by Crippen LogP contribution is 2.43. The summed E-state index contributed by atoms with van der Waals surface area (Å²) in [5.41, 5.74) is 2.86. The van der Waals surface area contributed by atoms with Gasteiger partial charge in [0.15, 0.2) is 5.78 Å². The van der Waals surface area contributed by atoms with Crippen molar-refractivity contribution in [2.45, 2.75) is 130 Å². The van der Waals surface area contributed by atoms with E-state index >= 15 is 0 Å². The first-order chi connectivity index (χ1) is 13.9. The fourth-order valence-corrected chi connectivity index (χ4v) is 4.88. The van der Waals surface area contributed by atoms with Crippen LogP contribution < -0.4 is 0 Å². The van der Waals surface area contributed by atoms with Gasteiger partial charge in [-0.1, -0.05) is 104 Å². The molecule has 0 aromatic carbocycles. The van der Waals surface area contributed by atoms with Crippen molar-refractivity contribution < 1.29 is 9.53 Å². The van der Waals surface area contributed by atoms with E-state index < -0.39 is 0 Å². The molecular formula is C27H50O2. The van der Waals surface area contributed by atoms with Crippen molar-refractivity contribution in [3.63, 3.8) is 0 Å². The van der Waals surface area contributed by atoms with Crippen LogP contribution in [0.5, 0.6) is 0 Å². The Morgan fingerprint density at radius 1 is 0.793 bits per heavy atom. The van der Waals surface area contributed by atoms with Crippen LogP contribution in [-0.2, 0) is 9.53 Å². The number of unbranched alkanes of at least 4 members (excludes halogenated alkanes) is 12. The topological polar surface area (TPSA) is 26.3 Å². The van der Waals surface area contributed by atoms with E-state index in [2.05, 4.69) is 27.7 Å². The number of rotatable bonds is 17. The zero-order valence-corrected chi connectivity index (χ0v) is 20.4. The second-order valence-electron chi connectivity index (χ2n) is 10.2. The molecule has 170 valence electrons. The fraction of sp³-hybridized carbons (Fsp3) is 0.889. The fourth-order valence-electron chi connectivity index (χ4n) is 4.88. The third-order valence-corrected chi connectivity index (χ3v) is 6.77. The Hall–Kier alpha value is -0.630. The van der Waals surface area contributed by atoms with Crippen molar-refractivity contribution in [2.75, 3.05) is 13.7 Å². The van der Waals surface area contributed by atoms with E-state index in [1.54, 1.807) is 7.11 Å². The van der Waals surface area contributed by atoms with Crippen LogP contribution in [0.25, 0.3) is 0 Å². The van der Waals surface area contributed by atoms with E-state index in [0.717, 1.165) is 25.9 Å². The Labute approximate surface area is 182 Å². The van der Waals surface area contributed by atoms with Crippen molar-refractivity contribution in [2.24, 2.45) is 11.3 Å². The first-order valence-electron chi connectivity index (χ1n) is 12.7. The van der Waals surface area contributed by atoms with Gasteiger partial charge in [0.25, 0.3) is 0 Å². The monoisotopic (exact) mass is 406 g/mol. The Bertz CT molecular complexity index is 473. The molecule has 0 saturated carbocycles. The summed E-state index contributed by atoms with van der Waals surface area (Å²) in [5.74, 6) is 0.798. The molecule has 0 radical (unpaired) electrons. The standard InChI is InChI=1S/C27H50O2/c1-23(2)26-24(27(3,4)21-20-25(26)28)19-17-15-13-11-9-7-6-8-10-12-14-16-18-22-29-5/h23H,6-22H2,1-5H3. The van der Waals surface area contributed by atoms with Crippen LogP contribution in [0.3, 0.4) is 0 Å². The van der Waals surface area contributed by atoms with Crippen molar-refractivity contribution >= 4 is 5.78 Å². The summed E-state index contributed by atoms with van der Waals surface area (Å²) in [6.07, 6.45) is 20.6. The zero-order valence-electron chi connectivity index (χ0n) is 20.4. The predicted octanol–water partition coefficient (Wildman–Crippen LogP) is 8.44. The minimum absolute atomic E-state index is 0.220. The molecule has 0 fully saturated rings. The Balaban J connectivity index is 2.06. The Morgan fingerprint density at radius 2 is 1.24 bits per heavy atom. The lowest BCUT2D eigenvalue weighted by Crippen LogP contribution is -2.28. The third-order valence-electron chi connectivity index (χ3n) is 6.77. The quantitative estimate of drug-likeness (QED) is 0.226. The molecule has 0 aliphatic heterocycles. The lowest BCUT2D eigenvalue weighted by atomic mass is 9.68. The SMILES string of the molecule is COCCCCCCCCCCCCCCCC1=C(C(C)C)C(=O)CCC1(C)C. The average molecular weight is 407 g/mol. The van der Waals surface area contributed by atoms with Gasteiger partial charge in [0, 0.05) is 20.1 Å². The molecule has 0 atom stereocenters. The molecule has 2 nitrogen and oxygen atoms in total. The van der Waals surface area contributed by atoms with Crippen LogP contribution in [0, 0.1) is 11.3 Å². The van der Waals surface area contributed by atoms with Gasteiger partial charge >= 0.3 is 0 Å². The number of allylic oxidation sites excluding steroid dienone is 2. The largest absolute Gasteiger partial charge is 0.385 e. The number of Topliss-reactive ketones (excluding diaryl/α,β-unsaturated/α-hetero) is 1. The first-order valence-corrected chi connectivity index (χ1v) is 12.7. The van der Waals surface area contributed by atoms with Gasteiger partial charge < -0.3 is 4.74 Å². The molecule has 1 aliphatic rings. The van der Waals surface area contributed by atoms with Crippen LogP contribution in [0.4, 0.5) is 0 Å². The average Bonchev–Trinajstić information content (AvgIpc) is 2.67. The minimum atomic E-state index is 0.220. The lowest BCUT2D eigenvalue weighted by molar-refractivity contribution is -0.117. The van der Waals surface area contributed by atoms with Crippen molar-refractivity contribution in [1.29, 1.82) is 0 Å². The van der Waals surface area contributed by atoms with Crippen molar-refractivity contribution in [3.05, 3.63) is 11.1 Å². The van der Waals surface area contributed by atoms with Crippen LogP contribution in [0.2, 0.25) is 0 Å². The smallest absolute Gasteiger partial charge is 0.159 e. The van der Waals surface area contributed by atoms with E-state index in [0.29, 0.717) is 11.7 Å². The van der Waals surface area contributed by atoms with Gasteiger partial charge in [-0.15, -0.1) is 0 Å². The highest BCUT2D eigenvalue weighted by atomic mass is 16.5. The molecule has 0 unspecified atom stereocenters. The highest BCUT2D eigenvalue weighted by molar-refractivity contribution is 5.97. The molecule has 2 heteroatoms. The van der Waals surface area contributed by atoms with E-state index in [1.807, 2.05) is 0 Å². The van der Waals surface area contributed by atoms with Crippen molar-refractivity contribution in [1.82, 2.24) is 0 Å². The lowest BCUT2D eigenvalue weighted by Gasteiger charge is -2.36. The van der Waals surface area contributed by atoms with E-state index in [4.69, 9.17) is 4.74 Å². The summed E-state index contributed by atoms with van der Waals surface area (Å²) in [6.45, 7) is 9.99. The van der Waals surface area contributed by atoms with Crippen LogP contribution in [-0.4, -0.2) is 19.5 Å². The molecule has 1 aliphatic carbocycles. The predicted molar refractivity (Wildman–Crippen MR) is 126 cm³/mol. The summed E-state index contributed by atoms with van der Waals surface area (Å²) in [4.78, 5) is 12.4. The van der Waals surface area contributed by atoms with Gasteiger partial charge in [-0.25, -0.2) is 0 Å². The third kappa shape index (κ3) is 10.8. The number of carbonyl (C=O) groups excluding carboxylic acids is 1. The second kappa shape index (κ2) is 15.2. The minimum Gasteiger partial charge on any atom is -0.385 e. The maximum Gasteiger partial charge on any atom is 0.159 e. The maximum absolute atomic E-state index is 12.4. The molecule has 0 heterocycles. The summed E-state index contributed by atoms with van der Waals surface area (Å²) in [7, 11) is 1.79. The van der Waals surface area contributed by atoms with Gasteiger partial charge in [0.2, 0.25) is 0 Å². The Kier molecular flexibility index (Phi) is 13.9. The number of hydrogen-bond acceptors (Lipinski definition) is 2. The van der Waals surface area contributed by atoms with Crippen LogP contribution in [0.1, 0.15) is 130 Å². The van der Waals surface area contributed by atoms with Crippen LogP contribution >= 0.6 is 0 Å². The molecular weight excluding hydrogens is 356 g/mol. The second-order valence-corrected chi connectivity index (χ2v) is 10.2. The maximum atomic E-state index is 12.4. The summed E-state index contributed by atoms with van der Waals surface area (Å²) in [5, 5.41) is 0. The normalized spacial score (nSPS) is 16.8. The summed E-state index contributed by atoms with van der Waals surface area (Å²) in [6, 6.07) is 0. The van der Waals surface area contributed by atoms with E-state index in [9.17, 15) is 4.79 Å². The molecule has 29 heavy (non-hydrogen) atoms. The zero-order chi connectivity index (χ0) is 21.5.